The highest BCUT2D eigenvalue weighted by atomic mass is 32.2. The van der Waals surface area contributed by atoms with Gasteiger partial charge in [0.15, 0.2) is 5.65 Å². The Bertz CT molecular complexity index is 1860. The zero-order valence-electron chi connectivity index (χ0n) is 24.7. The van der Waals surface area contributed by atoms with Crippen molar-refractivity contribution in [2.75, 3.05) is 6.54 Å². The average molecular weight is 590 g/mol. The SMILES string of the molecule is Cc1cnc2c(c1)S(=O)(=O)N(Cc1cc([C@H](c3cc4cc(C)nnc4n3C)C(C)(C)C(=O)O)ccc1C)CC1(CC1)O2. The first-order valence-electron chi connectivity index (χ1n) is 14.0. The first-order chi connectivity index (χ1) is 19.7. The van der Waals surface area contributed by atoms with Gasteiger partial charge in [0.05, 0.1) is 17.7 Å². The van der Waals surface area contributed by atoms with E-state index in [2.05, 4.69) is 15.2 Å². The van der Waals surface area contributed by atoms with Crippen LogP contribution in [0.4, 0.5) is 0 Å². The molecule has 4 aromatic rings. The number of aromatic nitrogens is 4. The highest BCUT2D eigenvalue weighted by Gasteiger charge is 2.52. The van der Waals surface area contributed by atoms with Gasteiger partial charge < -0.3 is 14.4 Å². The molecule has 3 aromatic heterocycles. The number of carboxylic acids is 1. The zero-order chi connectivity index (χ0) is 30.2. The number of carboxylic acid groups (broad SMARTS) is 1. The van der Waals surface area contributed by atoms with Crippen LogP contribution in [0.2, 0.25) is 0 Å². The predicted octanol–water partition coefficient (Wildman–Crippen LogP) is 4.65. The van der Waals surface area contributed by atoms with Crippen molar-refractivity contribution in [1.29, 1.82) is 0 Å². The summed E-state index contributed by atoms with van der Waals surface area (Å²) in [6.07, 6.45) is 3.13. The van der Waals surface area contributed by atoms with Crippen LogP contribution in [0.15, 0.2) is 47.5 Å². The molecular weight excluding hydrogens is 554 g/mol. The predicted molar refractivity (Wildman–Crippen MR) is 157 cm³/mol. The Morgan fingerprint density at radius 2 is 1.86 bits per heavy atom. The van der Waals surface area contributed by atoms with E-state index in [0.717, 1.165) is 51.9 Å². The van der Waals surface area contributed by atoms with Gasteiger partial charge in [-0.2, -0.15) is 9.40 Å². The van der Waals surface area contributed by atoms with E-state index in [1.54, 1.807) is 26.1 Å². The lowest BCUT2D eigenvalue weighted by molar-refractivity contribution is -0.147. The number of aryl methyl sites for hydroxylation is 4. The number of hydrogen-bond donors (Lipinski definition) is 1. The quantitative estimate of drug-likeness (QED) is 0.344. The van der Waals surface area contributed by atoms with Gasteiger partial charge in [-0.1, -0.05) is 18.2 Å². The van der Waals surface area contributed by atoms with E-state index >= 15 is 0 Å². The number of rotatable bonds is 6. The smallest absolute Gasteiger partial charge is 0.310 e. The van der Waals surface area contributed by atoms with Crippen molar-refractivity contribution in [3.63, 3.8) is 0 Å². The van der Waals surface area contributed by atoms with Crippen LogP contribution in [-0.2, 0) is 28.4 Å². The van der Waals surface area contributed by atoms with E-state index < -0.39 is 32.9 Å². The van der Waals surface area contributed by atoms with Gasteiger partial charge >= 0.3 is 5.97 Å². The molecule has 1 saturated carbocycles. The van der Waals surface area contributed by atoms with Gasteiger partial charge in [0.1, 0.15) is 10.5 Å². The Morgan fingerprint density at radius 3 is 2.55 bits per heavy atom. The molecule has 1 atom stereocenters. The number of nitrogens with zero attached hydrogens (tertiary/aromatic N) is 5. The topological polar surface area (TPSA) is 128 Å². The van der Waals surface area contributed by atoms with Gasteiger partial charge in [-0.25, -0.2) is 13.4 Å². The third-order valence-corrected chi connectivity index (χ3v) is 10.5. The number of benzene rings is 1. The normalized spacial score (nSPS) is 18.3. The van der Waals surface area contributed by atoms with Crippen LogP contribution in [-0.4, -0.2) is 55.7 Å². The molecular formula is C31H35N5O5S. The molecule has 1 aliphatic carbocycles. The van der Waals surface area contributed by atoms with Crippen LogP contribution < -0.4 is 4.74 Å². The van der Waals surface area contributed by atoms with Crippen LogP contribution >= 0.6 is 0 Å². The number of pyridine rings is 1. The maximum Gasteiger partial charge on any atom is 0.310 e. The Labute approximate surface area is 245 Å². The van der Waals surface area contributed by atoms with Crippen LogP contribution in [0.5, 0.6) is 5.88 Å². The second kappa shape index (κ2) is 9.60. The molecule has 2 aliphatic rings. The second-order valence-electron chi connectivity index (χ2n) is 12.4. The summed E-state index contributed by atoms with van der Waals surface area (Å²) in [6.45, 7) is 9.40. The molecule has 1 aliphatic heterocycles. The number of hydrogen-bond acceptors (Lipinski definition) is 7. The van der Waals surface area contributed by atoms with Gasteiger partial charge in [-0.15, -0.1) is 5.10 Å². The van der Waals surface area contributed by atoms with Crippen molar-refractivity contribution >= 4 is 27.0 Å². The third kappa shape index (κ3) is 4.64. The molecule has 1 spiro atoms. The van der Waals surface area contributed by atoms with Gasteiger partial charge in [0.25, 0.3) is 0 Å². The van der Waals surface area contributed by atoms with E-state index in [1.807, 2.05) is 62.7 Å². The number of carbonyl (C=O) groups is 1. The highest BCUT2D eigenvalue weighted by Crippen LogP contribution is 2.47. The Hall–Kier alpha value is -3.83. The summed E-state index contributed by atoms with van der Waals surface area (Å²) >= 11 is 0. The maximum atomic E-state index is 14.0. The van der Waals surface area contributed by atoms with E-state index in [4.69, 9.17) is 4.74 Å². The minimum atomic E-state index is -3.91. The fourth-order valence-corrected chi connectivity index (χ4v) is 7.59. The van der Waals surface area contributed by atoms with Crippen LogP contribution in [0.3, 0.4) is 0 Å². The van der Waals surface area contributed by atoms with Crippen molar-refractivity contribution in [3.05, 3.63) is 76.2 Å². The molecule has 0 unspecified atom stereocenters. The van der Waals surface area contributed by atoms with Crippen molar-refractivity contribution in [2.45, 2.75) is 70.4 Å². The summed E-state index contributed by atoms with van der Waals surface area (Å²) in [4.78, 5) is 17.1. The third-order valence-electron chi connectivity index (χ3n) is 8.71. The maximum absolute atomic E-state index is 14.0. The van der Waals surface area contributed by atoms with E-state index in [-0.39, 0.29) is 23.9 Å². The Morgan fingerprint density at radius 1 is 1.12 bits per heavy atom. The summed E-state index contributed by atoms with van der Waals surface area (Å²) in [5.41, 5.74) is 3.68. The van der Waals surface area contributed by atoms with Crippen LogP contribution in [0.25, 0.3) is 11.0 Å². The van der Waals surface area contributed by atoms with Gasteiger partial charge in [-0.05, 0) is 87.9 Å². The molecule has 10 nitrogen and oxygen atoms in total. The molecule has 42 heavy (non-hydrogen) atoms. The average Bonchev–Trinajstić information content (AvgIpc) is 3.62. The van der Waals surface area contributed by atoms with Crippen molar-refractivity contribution in [2.24, 2.45) is 12.5 Å². The molecule has 220 valence electrons. The zero-order valence-corrected chi connectivity index (χ0v) is 25.5. The first kappa shape index (κ1) is 28.3. The van der Waals surface area contributed by atoms with Crippen LogP contribution in [0, 0.1) is 26.2 Å². The molecule has 1 aromatic carbocycles. The lowest BCUT2D eigenvalue weighted by Crippen LogP contribution is -2.38. The molecule has 1 fully saturated rings. The van der Waals surface area contributed by atoms with Crippen molar-refractivity contribution < 1.29 is 23.1 Å². The molecule has 0 amide bonds. The molecule has 6 rings (SSSR count). The minimum Gasteiger partial charge on any atom is -0.481 e. The summed E-state index contributed by atoms with van der Waals surface area (Å²) < 4.78 is 37.5. The Kier molecular flexibility index (Phi) is 6.47. The van der Waals surface area contributed by atoms with Crippen molar-refractivity contribution in [1.82, 2.24) is 24.1 Å². The summed E-state index contributed by atoms with van der Waals surface area (Å²) in [7, 11) is -2.04. The Balaban J connectivity index is 1.46. The molecule has 0 saturated heterocycles. The molecule has 0 radical (unpaired) electrons. The first-order valence-corrected chi connectivity index (χ1v) is 15.4. The van der Waals surface area contributed by atoms with Crippen LogP contribution in [0.1, 0.15) is 66.2 Å². The standard InChI is InChI=1S/C31H35N5O5S/c1-18-11-25-28(32-15-18)41-31(9-10-31)17-36(42(25,39)40)16-23-13-21(8-7-19(23)2)26(30(4,5)29(37)38)24-14-22-12-20(3)33-34-27(22)35(24)6/h7-8,11-15,26H,9-10,16-17H2,1-6H3,(H,37,38)/t26-/m1/s1. The lowest BCUT2D eigenvalue weighted by atomic mass is 9.72. The molecule has 11 heteroatoms. The molecule has 4 heterocycles. The molecule has 0 bridgehead atoms. The van der Waals surface area contributed by atoms with Crippen molar-refractivity contribution in [3.8, 4) is 5.88 Å². The highest BCUT2D eigenvalue weighted by molar-refractivity contribution is 7.89. The second-order valence-corrected chi connectivity index (χ2v) is 14.3. The van der Waals surface area contributed by atoms with Gasteiger partial charge in [0.2, 0.25) is 15.9 Å². The fraction of sp³-hybridized carbons (Fsp3) is 0.419. The molecule has 1 N–H and O–H groups in total. The van der Waals surface area contributed by atoms with E-state index in [9.17, 15) is 18.3 Å². The minimum absolute atomic E-state index is 0.0804. The number of ether oxygens (including phenoxy) is 1. The number of aliphatic carboxylic acids is 1. The summed E-state index contributed by atoms with van der Waals surface area (Å²) in [5.74, 6) is -1.34. The van der Waals surface area contributed by atoms with E-state index in [1.165, 1.54) is 4.31 Å². The largest absolute Gasteiger partial charge is 0.481 e. The number of sulfonamides is 1. The summed E-state index contributed by atoms with van der Waals surface area (Å²) in [5, 5.41) is 19.8. The number of fused-ring (bicyclic) bond motifs is 2. The monoisotopic (exact) mass is 589 g/mol. The van der Waals surface area contributed by atoms with Gasteiger partial charge in [-0.3, -0.25) is 4.79 Å². The lowest BCUT2D eigenvalue weighted by Gasteiger charge is -2.32. The summed E-state index contributed by atoms with van der Waals surface area (Å²) in [6, 6.07) is 11.4. The van der Waals surface area contributed by atoms with Gasteiger partial charge in [0, 0.05) is 36.8 Å². The fourth-order valence-electron chi connectivity index (χ4n) is 5.95. The van der Waals surface area contributed by atoms with E-state index in [0.29, 0.717) is 5.65 Å².